The van der Waals surface area contributed by atoms with E-state index in [1.54, 1.807) is 14.2 Å². The van der Waals surface area contributed by atoms with Gasteiger partial charge in [-0.15, -0.1) is 0 Å². The van der Waals surface area contributed by atoms with Gasteiger partial charge in [0.15, 0.2) is 0 Å². The van der Waals surface area contributed by atoms with E-state index in [9.17, 15) is 4.79 Å². The van der Waals surface area contributed by atoms with Gasteiger partial charge in [0.2, 0.25) is 5.91 Å². The highest BCUT2D eigenvalue weighted by atomic mass is 79.9. The number of hydrogen-bond acceptors (Lipinski definition) is 3. The van der Waals surface area contributed by atoms with Crippen LogP contribution >= 0.6 is 15.9 Å². The molecule has 0 aromatic heterocycles. The Balaban J connectivity index is 3.29. The molecule has 100 valence electrons. The van der Waals surface area contributed by atoms with E-state index in [-0.39, 0.29) is 12.5 Å². The van der Waals surface area contributed by atoms with Crippen molar-refractivity contribution in [1.29, 1.82) is 0 Å². The summed E-state index contributed by atoms with van der Waals surface area (Å²) in [6.45, 7) is 6.22. The van der Waals surface area contributed by atoms with Crippen LogP contribution in [0.15, 0.2) is 4.47 Å². The van der Waals surface area contributed by atoms with Crippen molar-refractivity contribution in [2.75, 3.05) is 26.0 Å². The number of hydrogen-bond donors (Lipinski definition) is 2. The van der Waals surface area contributed by atoms with Gasteiger partial charge in [-0.25, -0.2) is 0 Å². The second-order valence-electron chi connectivity index (χ2n) is 4.18. The molecule has 0 saturated heterocycles. The lowest BCUT2D eigenvalue weighted by Gasteiger charge is -2.19. The molecular weight excluding hydrogens is 296 g/mol. The molecule has 0 fully saturated rings. The van der Waals surface area contributed by atoms with Gasteiger partial charge >= 0.3 is 0 Å². The normalized spacial score (nSPS) is 10.3. The lowest BCUT2D eigenvalue weighted by atomic mass is 10.0. The van der Waals surface area contributed by atoms with Crippen LogP contribution in [0.25, 0.3) is 0 Å². The van der Waals surface area contributed by atoms with E-state index in [1.807, 2.05) is 20.8 Å². The monoisotopic (exact) mass is 314 g/mol. The summed E-state index contributed by atoms with van der Waals surface area (Å²) in [5.41, 5.74) is 3.85. The van der Waals surface area contributed by atoms with E-state index in [0.717, 1.165) is 32.6 Å². The van der Waals surface area contributed by atoms with Gasteiger partial charge in [0.05, 0.1) is 19.3 Å². The third-order valence-electron chi connectivity index (χ3n) is 2.97. The fraction of sp³-hybridized carbons (Fsp3) is 0.462. The first kappa shape index (κ1) is 15.0. The largest absolute Gasteiger partial charge is 0.494 e. The molecule has 1 rings (SSSR count). The van der Waals surface area contributed by atoms with Crippen molar-refractivity contribution in [3.63, 3.8) is 0 Å². The number of rotatable bonds is 4. The number of nitrogens with one attached hydrogen (secondary N) is 2. The minimum Gasteiger partial charge on any atom is -0.494 e. The Hall–Kier alpha value is -1.07. The van der Waals surface area contributed by atoms with Gasteiger partial charge in [-0.05, 0) is 44.5 Å². The molecule has 0 atom stereocenters. The summed E-state index contributed by atoms with van der Waals surface area (Å²) in [5.74, 6) is 0.631. The summed E-state index contributed by atoms with van der Waals surface area (Å²) in [4.78, 5) is 11.7. The first-order valence-corrected chi connectivity index (χ1v) is 6.51. The fourth-order valence-corrected chi connectivity index (χ4v) is 2.33. The molecule has 0 spiro atoms. The maximum atomic E-state index is 11.7. The van der Waals surface area contributed by atoms with Crippen LogP contribution in [-0.4, -0.2) is 26.6 Å². The van der Waals surface area contributed by atoms with Crippen molar-refractivity contribution in [1.82, 2.24) is 5.32 Å². The summed E-state index contributed by atoms with van der Waals surface area (Å²) < 4.78 is 6.42. The highest BCUT2D eigenvalue weighted by molar-refractivity contribution is 9.10. The van der Waals surface area contributed by atoms with E-state index in [0.29, 0.717) is 0 Å². The smallest absolute Gasteiger partial charge is 0.238 e. The van der Waals surface area contributed by atoms with E-state index in [1.165, 1.54) is 0 Å². The Kier molecular flexibility index (Phi) is 5.16. The average Bonchev–Trinajstić information content (AvgIpc) is 2.34. The van der Waals surface area contributed by atoms with Crippen LogP contribution in [0.1, 0.15) is 16.7 Å². The second kappa shape index (κ2) is 6.20. The van der Waals surface area contributed by atoms with Crippen molar-refractivity contribution < 1.29 is 9.53 Å². The number of carbonyl (C=O) groups excluding carboxylic acids is 1. The molecule has 0 aliphatic heterocycles. The predicted molar refractivity (Wildman–Crippen MR) is 77.5 cm³/mol. The Bertz CT molecular complexity index is 473. The summed E-state index contributed by atoms with van der Waals surface area (Å²) in [6.07, 6.45) is 0. The number of benzene rings is 1. The molecule has 0 bridgehead atoms. The molecule has 18 heavy (non-hydrogen) atoms. The van der Waals surface area contributed by atoms with Crippen LogP contribution in [0.3, 0.4) is 0 Å². The Morgan fingerprint density at radius 2 is 1.83 bits per heavy atom. The van der Waals surface area contributed by atoms with Crippen molar-refractivity contribution in [3.8, 4) is 5.75 Å². The van der Waals surface area contributed by atoms with Gasteiger partial charge in [-0.2, -0.15) is 0 Å². The number of anilines is 1. The van der Waals surface area contributed by atoms with Gasteiger partial charge in [0.25, 0.3) is 0 Å². The molecule has 0 heterocycles. The van der Waals surface area contributed by atoms with Gasteiger partial charge in [-0.1, -0.05) is 15.9 Å². The number of methoxy groups -OCH3 is 1. The van der Waals surface area contributed by atoms with Crippen LogP contribution in [0, 0.1) is 20.8 Å². The van der Waals surface area contributed by atoms with E-state index >= 15 is 0 Å². The highest BCUT2D eigenvalue weighted by Gasteiger charge is 2.18. The van der Waals surface area contributed by atoms with E-state index < -0.39 is 0 Å². The molecule has 5 heteroatoms. The van der Waals surface area contributed by atoms with Crippen LogP contribution in [0.5, 0.6) is 5.75 Å². The number of likely N-dealkylation sites (N-methyl/N-ethyl adjacent to an activating group) is 1. The van der Waals surface area contributed by atoms with Crippen molar-refractivity contribution >= 4 is 27.5 Å². The lowest BCUT2D eigenvalue weighted by Crippen LogP contribution is -2.25. The Morgan fingerprint density at radius 1 is 1.22 bits per heavy atom. The molecule has 0 aliphatic rings. The summed E-state index contributed by atoms with van der Waals surface area (Å²) in [7, 11) is 3.35. The lowest BCUT2D eigenvalue weighted by molar-refractivity contribution is -0.115. The zero-order valence-corrected chi connectivity index (χ0v) is 13.0. The molecule has 4 nitrogen and oxygen atoms in total. The van der Waals surface area contributed by atoms with E-state index in [2.05, 4.69) is 26.6 Å². The molecule has 0 unspecified atom stereocenters. The molecule has 0 radical (unpaired) electrons. The topological polar surface area (TPSA) is 50.4 Å². The van der Waals surface area contributed by atoms with Crippen LogP contribution < -0.4 is 15.4 Å². The number of ether oxygens (including phenoxy) is 1. The summed E-state index contributed by atoms with van der Waals surface area (Å²) >= 11 is 3.55. The summed E-state index contributed by atoms with van der Waals surface area (Å²) in [5, 5.41) is 5.70. The minimum absolute atomic E-state index is 0.0888. The molecular formula is C13H19BrN2O2. The molecule has 1 amide bonds. The predicted octanol–water partition coefficient (Wildman–Crippen LogP) is 2.54. The number of carbonyl (C=O) groups is 1. The number of halogens is 1. The maximum Gasteiger partial charge on any atom is 0.238 e. The second-order valence-corrected chi connectivity index (χ2v) is 4.97. The maximum absolute atomic E-state index is 11.7. The van der Waals surface area contributed by atoms with Gasteiger partial charge in [0, 0.05) is 4.47 Å². The molecule has 1 aromatic carbocycles. The Morgan fingerprint density at radius 3 is 2.33 bits per heavy atom. The first-order valence-electron chi connectivity index (χ1n) is 5.71. The van der Waals surface area contributed by atoms with Gasteiger partial charge < -0.3 is 15.4 Å². The average molecular weight is 315 g/mol. The molecule has 0 saturated carbocycles. The third kappa shape index (κ3) is 2.84. The summed E-state index contributed by atoms with van der Waals surface area (Å²) in [6, 6.07) is 0. The van der Waals surface area contributed by atoms with Crippen LogP contribution in [-0.2, 0) is 4.79 Å². The van der Waals surface area contributed by atoms with Crippen molar-refractivity contribution in [2.24, 2.45) is 0 Å². The van der Waals surface area contributed by atoms with Crippen molar-refractivity contribution in [2.45, 2.75) is 20.8 Å². The minimum atomic E-state index is -0.0888. The highest BCUT2D eigenvalue weighted by Crippen LogP contribution is 2.39. The third-order valence-corrected chi connectivity index (χ3v) is 4.16. The zero-order valence-electron chi connectivity index (χ0n) is 11.4. The van der Waals surface area contributed by atoms with Crippen LogP contribution in [0.4, 0.5) is 5.69 Å². The first-order chi connectivity index (χ1) is 8.43. The molecule has 0 aliphatic carbocycles. The molecule has 2 N–H and O–H groups in total. The zero-order chi connectivity index (χ0) is 13.9. The number of amides is 1. The molecule has 1 aromatic rings. The van der Waals surface area contributed by atoms with E-state index in [4.69, 9.17) is 4.74 Å². The Labute approximate surface area is 116 Å². The quantitative estimate of drug-likeness (QED) is 0.898. The van der Waals surface area contributed by atoms with Gasteiger partial charge in [-0.3, -0.25) is 4.79 Å². The standard InChI is InChI=1S/C13H19BrN2O2/c1-7-8(2)13(18-5)12(9(3)11(7)14)16-10(17)6-15-4/h15H,6H2,1-5H3,(H,16,17). The van der Waals surface area contributed by atoms with Gasteiger partial charge in [0.1, 0.15) is 5.75 Å². The van der Waals surface area contributed by atoms with Crippen molar-refractivity contribution in [3.05, 3.63) is 21.2 Å². The fourth-order valence-electron chi connectivity index (χ4n) is 1.83. The van der Waals surface area contributed by atoms with Crippen LogP contribution in [0.2, 0.25) is 0 Å². The SMILES string of the molecule is CNCC(=O)Nc1c(C)c(Br)c(C)c(C)c1OC.